The third-order valence-corrected chi connectivity index (χ3v) is 7.76. The topological polar surface area (TPSA) is 100 Å². The third-order valence-electron chi connectivity index (χ3n) is 7.76. The van der Waals surface area contributed by atoms with E-state index in [1.807, 2.05) is 57.3 Å². The van der Waals surface area contributed by atoms with Gasteiger partial charge in [0.2, 0.25) is 11.8 Å². The van der Waals surface area contributed by atoms with Crippen LogP contribution in [0.3, 0.4) is 0 Å². The van der Waals surface area contributed by atoms with E-state index in [0.717, 1.165) is 30.5 Å². The molecule has 188 valence electrons. The second-order valence-corrected chi connectivity index (χ2v) is 11.8. The van der Waals surface area contributed by atoms with Crippen LogP contribution < -0.4 is 5.32 Å². The number of hydrogen-bond acceptors (Lipinski definition) is 5. The molecule has 6 atom stereocenters. The summed E-state index contributed by atoms with van der Waals surface area (Å²) in [6.45, 7) is 8.33. The van der Waals surface area contributed by atoms with Gasteiger partial charge in [-0.1, -0.05) is 63.2 Å². The SMILES string of the molecule is CC1CC1C(NC(=O)[C@@H]1C[C@@H](O)CN1C(=O)[C@@H](n1cc(C2CC2)nn1)C(C)(C)C)c1ccccc1. The van der Waals surface area contributed by atoms with E-state index in [1.54, 1.807) is 9.58 Å². The summed E-state index contributed by atoms with van der Waals surface area (Å²) in [4.78, 5) is 29.1. The zero-order chi connectivity index (χ0) is 24.9. The van der Waals surface area contributed by atoms with Crippen molar-refractivity contribution in [2.75, 3.05) is 6.54 Å². The quantitative estimate of drug-likeness (QED) is 0.635. The van der Waals surface area contributed by atoms with Crippen LogP contribution in [-0.2, 0) is 9.59 Å². The van der Waals surface area contributed by atoms with Crippen molar-refractivity contribution in [3.8, 4) is 0 Å². The Kier molecular flexibility index (Phi) is 6.20. The molecule has 1 aromatic carbocycles. The lowest BCUT2D eigenvalue weighted by Gasteiger charge is -2.35. The van der Waals surface area contributed by atoms with E-state index in [4.69, 9.17) is 0 Å². The van der Waals surface area contributed by atoms with Crippen LogP contribution in [0, 0.1) is 17.3 Å². The van der Waals surface area contributed by atoms with Crippen molar-refractivity contribution in [1.82, 2.24) is 25.2 Å². The van der Waals surface area contributed by atoms with Gasteiger partial charge in [0.25, 0.3) is 0 Å². The maximum atomic E-state index is 13.9. The van der Waals surface area contributed by atoms with E-state index < -0.39 is 23.6 Å². The van der Waals surface area contributed by atoms with Crippen LogP contribution in [0.5, 0.6) is 0 Å². The summed E-state index contributed by atoms with van der Waals surface area (Å²) in [5, 5.41) is 22.4. The number of aliphatic hydroxyl groups excluding tert-OH is 1. The van der Waals surface area contributed by atoms with Crippen LogP contribution in [0.15, 0.2) is 36.5 Å². The second kappa shape index (κ2) is 9.04. The molecule has 2 aromatic rings. The van der Waals surface area contributed by atoms with Crippen molar-refractivity contribution in [1.29, 1.82) is 0 Å². The van der Waals surface area contributed by atoms with E-state index in [1.165, 1.54) is 0 Å². The summed E-state index contributed by atoms with van der Waals surface area (Å²) in [7, 11) is 0. The molecule has 5 rings (SSSR count). The molecule has 8 heteroatoms. The minimum atomic E-state index is -0.733. The molecule has 2 heterocycles. The molecule has 3 fully saturated rings. The van der Waals surface area contributed by atoms with Crippen LogP contribution in [-0.4, -0.2) is 55.5 Å². The Morgan fingerprint density at radius 1 is 1.14 bits per heavy atom. The molecule has 1 aromatic heterocycles. The van der Waals surface area contributed by atoms with Crippen molar-refractivity contribution < 1.29 is 14.7 Å². The van der Waals surface area contributed by atoms with Gasteiger partial charge in [-0.25, -0.2) is 4.68 Å². The van der Waals surface area contributed by atoms with E-state index in [0.29, 0.717) is 17.8 Å². The number of likely N-dealkylation sites (tertiary alicyclic amines) is 1. The number of carbonyl (C=O) groups is 2. The number of hydrogen-bond donors (Lipinski definition) is 2. The normalized spacial score (nSPS) is 28.0. The predicted octanol–water partition coefficient (Wildman–Crippen LogP) is 3.22. The van der Waals surface area contributed by atoms with Gasteiger partial charge >= 0.3 is 0 Å². The minimum absolute atomic E-state index is 0.0942. The lowest BCUT2D eigenvalue weighted by Crippen LogP contribution is -2.51. The van der Waals surface area contributed by atoms with Crippen molar-refractivity contribution in [3.63, 3.8) is 0 Å². The molecule has 3 unspecified atom stereocenters. The fraction of sp³-hybridized carbons (Fsp3) is 0.630. The monoisotopic (exact) mass is 479 g/mol. The lowest BCUT2D eigenvalue weighted by molar-refractivity contribution is -0.144. The Hall–Kier alpha value is -2.74. The number of benzene rings is 1. The highest BCUT2D eigenvalue weighted by molar-refractivity contribution is 5.90. The van der Waals surface area contributed by atoms with Crippen LogP contribution in [0.2, 0.25) is 0 Å². The van der Waals surface area contributed by atoms with Crippen LogP contribution >= 0.6 is 0 Å². The van der Waals surface area contributed by atoms with Gasteiger partial charge in [-0.15, -0.1) is 5.10 Å². The van der Waals surface area contributed by atoms with Gasteiger partial charge in [0.05, 0.1) is 17.8 Å². The molecule has 1 saturated heterocycles. The molecule has 0 spiro atoms. The first-order valence-electron chi connectivity index (χ1n) is 12.9. The van der Waals surface area contributed by atoms with Crippen molar-refractivity contribution >= 4 is 11.8 Å². The number of nitrogens with zero attached hydrogens (tertiary/aromatic N) is 4. The number of carbonyl (C=O) groups excluding carboxylic acids is 2. The Morgan fingerprint density at radius 3 is 2.43 bits per heavy atom. The number of rotatable bonds is 7. The van der Waals surface area contributed by atoms with E-state index in [-0.39, 0.29) is 30.8 Å². The summed E-state index contributed by atoms with van der Waals surface area (Å²) < 4.78 is 1.66. The molecule has 1 aliphatic heterocycles. The minimum Gasteiger partial charge on any atom is -0.391 e. The van der Waals surface area contributed by atoms with Crippen LogP contribution in [0.1, 0.15) is 82.6 Å². The van der Waals surface area contributed by atoms with Crippen LogP contribution in [0.4, 0.5) is 0 Å². The van der Waals surface area contributed by atoms with Crippen LogP contribution in [0.25, 0.3) is 0 Å². The number of nitrogens with one attached hydrogen (secondary N) is 1. The average molecular weight is 480 g/mol. The molecule has 3 aliphatic rings. The highest BCUT2D eigenvalue weighted by atomic mass is 16.3. The molecule has 35 heavy (non-hydrogen) atoms. The van der Waals surface area contributed by atoms with Crippen molar-refractivity contribution in [2.45, 2.75) is 83.5 Å². The first-order chi connectivity index (χ1) is 16.6. The third kappa shape index (κ3) is 4.99. The Bertz CT molecular complexity index is 1070. The first-order valence-corrected chi connectivity index (χ1v) is 12.9. The zero-order valence-corrected chi connectivity index (χ0v) is 21.1. The molecule has 8 nitrogen and oxygen atoms in total. The van der Waals surface area contributed by atoms with Gasteiger partial charge in [-0.2, -0.15) is 0 Å². The van der Waals surface area contributed by atoms with Gasteiger partial charge in [-0.05, 0) is 42.1 Å². The van der Waals surface area contributed by atoms with E-state index >= 15 is 0 Å². The highest BCUT2D eigenvalue weighted by Crippen LogP contribution is 2.47. The zero-order valence-electron chi connectivity index (χ0n) is 21.1. The first kappa shape index (κ1) is 24.0. The molecule has 2 amide bonds. The molecule has 2 N–H and O–H groups in total. The maximum absolute atomic E-state index is 13.9. The van der Waals surface area contributed by atoms with Crippen molar-refractivity contribution in [2.24, 2.45) is 17.3 Å². The summed E-state index contributed by atoms with van der Waals surface area (Å²) in [5.74, 6) is 0.970. The summed E-state index contributed by atoms with van der Waals surface area (Å²) in [5.41, 5.74) is 1.55. The van der Waals surface area contributed by atoms with E-state index in [2.05, 4.69) is 22.6 Å². The molecule has 2 saturated carbocycles. The van der Waals surface area contributed by atoms with E-state index in [9.17, 15) is 14.7 Å². The van der Waals surface area contributed by atoms with Crippen molar-refractivity contribution in [3.05, 3.63) is 47.8 Å². The summed E-state index contributed by atoms with van der Waals surface area (Å²) in [6.07, 6.45) is 4.67. The lowest BCUT2D eigenvalue weighted by atomic mass is 9.85. The summed E-state index contributed by atoms with van der Waals surface area (Å²) in [6, 6.07) is 8.60. The molecule has 0 bridgehead atoms. The predicted molar refractivity (Wildman–Crippen MR) is 131 cm³/mol. The summed E-state index contributed by atoms with van der Waals surface area (Å²) >= 11 is 0. The van der Waals surface area contributed by atoms with Gasteiger partial charge in [0, 0.05) is 25.1 Å². The van der Waals surface area contributed by atoms with Gasteiger partial charge in [0.1, 0.15) is 12.1 Å². The maximum Gasteiger partial charge on any atom is 0.248 e. The molecular formula is C27H37N5O3. The second-order valence-electron chi connectivity index (χ2n) is 11.8. The Labute approximate surface area is 207 Å². The molecule has 2 aliphatic carbocycles. The standard InChI is InChI=1S/C27H37N5O3/c1-16-12-20(16)23(18-8-6-5-7-9-18)28-25(34)22-13-19(33)14-31(22)26(35)24(27(2,3)4)32-15-21(29-30-32)17-10-11-17/h5-9,15-17,19-20,22-24,33H,10-14H2,1-4H3,(H,28,34)/t16?,19-,20?,22+,23?,24-/m1/s1. The van der Waals surface area contributed by atoms with Gasteiger partial charge in [-0.3, -0.25) is 9.59 Å². The fourth-order valence-corrected chi connectivity index (χ4v) is 5.49. The Balaban J connectivity index is 1.38. The highest BCUT2D eigenvalue weighted by Gasteiger charge is 2.47. The van der Waals surface area contributed by atoms with Gasteiger partial charge < -0.3 is 15.3 Å². The Morgan fingerprint density at radius 2 is 1.83 bits per heavy atom. The number of amides is 2. The number of β-amino-alcohol motifs (C(OH)–C–C–N with tert-alkyl or cyclic N) is 1. The molecular weight excluding hydrogens is 442 g/mol. The van der Waals surface area contributed by atoms with Gasteiger partial charge in [0.15, 0.2) is 0 Å². The largest absolute Gasteiger partial charge is 0.391 e. The number of aliphatic hydroxyl groups is 1. The smallest absolute Gasteiger partial charge is 0.248 e. The molecule has 0 radical (unpaired) electrons. The fourth-order valence-electron chi connectivity index (χ4n) is 5.49. The number of aromatic nitrogens is 3. The average Bonchev–Trinajstić information content (AvgIpc) is 3.69.